The monoisotopic (exact) mass is 471 g/mol. The molecule has 30 heavy (non-hydrogen) atoms. The van der Waals surface area contributed by atoms with Gasteiger partial charge in [-0.05, 0) is 63.3 Å². The van der Waals surface area contributed by atoms with Crippen LogP contribution >= 0.6 is 22.9 Å². The molecule has 3 rings (SSSR count). The number of nitrogens with zero attached hydrogens (tertiary/aromatic N) is 2. The van der Waals surface area contributed by atoms with Gasteiger partial charge in [-0.25, -0.2) is 12.8 Å². The van der Waals surface area contributed by atoms with Gasteiger partial charge in [0.25, 0.3) is 0 Å². The first-order chi connectivity index (χ1) is 14.1. The van der Waals surface area contributed by atoms with E-state index in [2.05, 4.69) is 4.72 Å². The first-order valence-corrected chi connectivity index (χ1v) is 12.0. The molecule has 10 heteroatoms. The van der Waals surface area contributed by atoms with Crippen LogP contribution in [0.3, 0.4) is 0 Å². The average Bonchev–Trinajstić information content (AvgIpc) is 3.25. The third-order valence-corrected chi connectivity index (χ3v) is 7.34. The summed E-state index contributed by atoms with van der Waals surface area (Å²) in [6.07, 6.45) is 1.67. The van der Waals surface area contributed by atoms with Crippen molar-refractivity contribution in [3.63, 3.8) is 0 Å². The minimum absolute atomic E-state index is 0.0207. The highest BCUT2D eigenvalue weighted by Gasteiger charge is 2.36. The first kappa shape index (κ1) is 22.9. The molecule has 1 aromatic heterocycles. The van der Waals surface area contributed by atoms with E-state index in [1.165, 1.54) is 28.4 Å². The Kier molecular flexibility index (Phi) is 6.98. The fourth-order valence-electron chi connectivity index (χ4n) is 3.14. The van der Waals surface area contributed by atoms with E-state index < -0.39 is 27.8 Å². The Balaban J connectivity index is 1.70. The molecule has 2 aromatic rings. The number of sulfonamides is 1. The second kappa shape index (κ2) is 9.15. The SMILES string of the molecule is C[C@@H](c1ccc(N2CC[C@H](NS(=O)(=O)C=Cc3ccc(Cl)s3)C2=O)c(F)c1)N(C)C. The van der Waals surface area contributed by atoms with Gasteiger partial charge >= 0.3 is 0 Å². The fraction of sp³-hybridized carbons (Fsp3) is 0.350. The Morgan fingerprint density at radius 3 is 2.67 bits per heavy atom. The summed E-state index contributed by atoms with van der Waals surface area (Å²) < 4.78 is 42.3. The van der Waals surface area contributed by atoms with Gasteiger partial charge in [-0.1, -0.05) is 17.7 Å². The Hall–Kier alpha value is -1.78. The summed E-state index contributed by atoms with van der Waals surface area (Å²) in [6, 6.07) is 7.22. The minimum atomic E-state index is -3.84. The second-order valence-electron chi connectivity index (χ2n) is 7.29. The van der Waals surface area contributed by atoms with Crippen molar-refractivity contribution in [3.05, 3.63) is 56.3 Å². The van der Waals surface area contributed by atoms with Crippen LogP contribution in [0.5, 0.6) is 0 Å². The van der Waals surface area contributed by atoms with Crippen molar-refractivity contribution in [1.29, 1.82) is 0 Å². The Bertz CT molecular complexity index is 1070. The number of anilines is 1. The lowest BCUT2D eigenvalue weighted by molar-refractivity contribution is -0.118. The lowest BCUT2D eigenvalue weighted by Crippen LogP contribution is -2.40. The quantitative estimate of drug-likeness (QED) is 0.665. The van der Waals surface area contributed by atoms with Crippen molar-refractivity contribution in [2.24, 2.45) is 0 Å². The molecule has 1 N–H and O–H groups in total. The molecule has 6 nitrogen and oxygen atoms in total. The van der Waals surface area contributed by atoms with Crippen LogP contribution in [0.4, 0.5) is 10.1 Å². The van der Waals surface area contributed by atoms with Crippen LogP contribution in [-0.4, -0.2) is 45.9 Å². The third-order valence-electron chi connectivity index (χ3n) is 5.04. The normalized spacial score (nSPS) is 18.7. The van der Waals surface area contributed by atoms with E-state index in [9.17, 15) is 17.6 Å². The molecule has 162 valence electrons. The molecule has 0 bridgehead atoms. The number of thiophene rings is 1. The van der Waals surface area contributed by atoms with Crippen LogP contribution in [0.2, 0.25) is 4.34 Å². The van der Waals surface area contributed by atoms with E-state index in [-0.39, 0.29) is 24.7 Å². The molecule has 0 aliphatic carbocycles. The van der Waals surface area contributed by atoms with Crippen LogP contribution in [0.25, 0.3) is 6.08 Å². The lowest BCUT2D eigenvalue weighted by atomic mass is 10.1. The van der Waals surface area contributed by atoms with E-state index >= 15 is 0 Å². The van der Waals surface area contributed by atoms with Gasteiger partial charge in [-0.2, -0.15) is 4.72 Å². The highest BCUT2D eigenvalue weighted by Crippen LogP contribution is 2.29. The fourth-order valence-corrected chi connectivity index (χ4v) is 5.21. The van der Waals surface area contributed by atoms with Crippen molar-refractivity contribution < 1.29 is 17.6 Å². The van der Waals surface area contributed by atoms with E-state index in [4.69, 9.17) is 11.6 Å². The number of rotatable bonds is 7. The van der Waals surface area contributed by atoms with Crippen molar-refractivity contribution in [3.8, 4) is 0 Å². The maximum Gasteiger partial charge on any atom is 0.245 e. The van der Waals surface area contributed by atoms with Gasteiger partial charge in [0.05, 0.1) is 10.0 Å². The van der Waals surface area contributed by atoms with Gasteiger partial charge in [0, 0.05) is 22.9 Å². The highest BCUT2D eigenvalue weighted by atomic mass is 35.5. The van der Waals surface area contributed by atoms with Crippen molar-refractivity contribution in [2.75, 3.05) is 25.5 Å². The molecule has 2 atom stereocenters. The van der Waals surface area contributed by atoms with Gasteiger partial charge < -0.3 is 9.80 Å². The topological polar surface area (TPSA) is 69.7 Å². The molecular weight excluding hydrogens is 449 g/mol. The molecular formula is C20H23ClFN3O3S2. The largest absolute Gasteiger partial charge is 0.308 e. The highest BCUT2D eigenvalue weighted by molar-refractivity contribution is 7.92. The summed E-state index contributed by atoms with van der Waals surface area (Å²) in [5, 5.41) is 1.00. The number of hydrogen-bond acceptors (Lipinski definition) is 5. The van der Waals surface area contributed by atoms with Crippen LogP contribution in [-0.2, 0) is 14.8 Å². The van der Waals surface area contributed by atoms with Gasteiger partial charge in [-0.15, -0.1) is 11.3 Å². The Morgan fingerprint density at radius 2 is 2.07 bits per heavy atom. The second-order valence-corrected chi connectivity index (χ2v) is 10.6. The first-order valence-electron chi connectivity index (χ1n) is 9.30. The number of hydrogen-bond donors (Lipinski definition) is 1. The molecule has 1 saturated heterocycles. The third kappa shape index (κ3) is 5.28. The molecule has 1 fully saturated rings. The standard InChI is InChI=1S/C20H23ClFN3O3S2/c1-13(24(2)3)14-4-6-18(16(22)12-14)25-10-8-17(20(25)26)23-30(27,28)11-9-15-5-7-19(21)29-15/h4-7,9,11-13,17,23H,8,10H2,1-3H3/t13-,17-/m0/s1. The summed E-state index contributed by atoms with van der Waals surface area (Å²) in [4.78, 5) is 16.6. The molecule has 0 saturated carbocycles. The minimum Gasteiger partial charge on any atom is -0.308 e. The number of benzene rings is 1. The molecule has 2 heterocycles. The number of carbonyl (C=O) groups is 1. The summed E-state index contributed by atoms with van der Waals surface area (Å²) in [7, 11) is -0.0409. The van der Waals surface area contributed by atoms with E-state index in [1.54, 1.807) is 24.3 Å². The zero-order valence-electron chi connectivity index (χ0n) is 16.8. The average molecular weight is 472 g/mol. The van der Waals surface area contributed by atoms with Crippen molar-refractivity contribution >= 4 is 50.6 Å². The summed E-state index contributed by atoms with van der Waals surface area (Å²) in [6.45, 7) is 2.19. The Labute approximate surface area is 185 Å². The predicted octanol–water partition coefficient (Wildman–Crippen LogP) is 3.86. The molecule has 1 aliphatic rings. The number of carbonyl (C=O) groups excluding carboxylic acids is 1. The van der Waals surface area contributed by atoms with E-state index in [1.807, 2.05) is 25.9 Å². The van der Waals surface area contributed by atoms with Crippen LogP contribution in [0.15, 0.2) is 35.7 Å². The summed E-state index contributed by atoms with van der Waals surface area (Å²) >= 11 is 7.08. The molecule has 1 aromatic carbocycles. The van der Waals surface area contributed by atoms with Crippen LogP contribution in [0, 0.1) is 5.82 Å². The number of amides is 1. The smallest absolute Gasteiger partial charge is 0.245 e. The maximum absolute atomic E-state index is 14.7. The van der Waals surface area contributed by atoms with Crippen molar-refractivity contribution in [1.82, 2.24) is 9.62 Å². The molecule has 0 radical (unpaired) electrons. The van der Waals surface area contributed by atoms with Crippen LogP contribution < -0.4 is 9.62 Å². The van der Waals surface area contributed by atoms with Gasteiger partial charge in [-0.3, -0.25) is 4.79 Å². The number of halogens is 2. The van der Waals surface area contributed by atoms with Crippen molar-refractivity contribution in [2.45, 2.75) is 25.4 Å². The summed E-state index contributed by atoms with van der Waals surface area (Å²) in [5.74, 6) is -0.981. The molecule has 0 spiro atoms. The predicted molar refractivity (Wildman–Crippen MR) is 120 cm³/mol. The Morgan fingerprint density at radius 1 is 1.33 bits per heavy atom. The zero-order valence-corrected chi connectivity index (χ0v) is 19.2. The van der Waals surface area contributed by atoms with Gasteiger partial charge in [0.2, 0.25) is 15.9 Å². The lowest BCUT2D eigenvalue weighted by Gasteiger charge is -2.22. The summed E-state index contributed by atoms with van der Waals surface area (Å²) in [5.41, 5.74) is 0.948. The zero-order chi connectivity index (χ0) is 22.1. The molecule has 0 unspecified atom stereocenters. The van der Waals surface area contributed by atoms with E-state index in [0.717, 1.165) is 11.0 Å². The molecule has 1 aliphatic heterocycles. The van der Waals surface area contributed by atoms with Gasteiger partial charge in [0.1, 0.15) is 11.9 Å². The van der Waals surface area contributed by atoms with Gasteiger partial charge in [0.15, 0.2) is 0 Å². The maximum atomic E-state index is 14.7. The van der Waals surface area contributed by atoms with Crippen LogP contribution in [0.1, 0.15) is 29.8 Å². The molecule has 1 amide bonds. The van der Waals surface area contributed by atoms with E-state index in [0.29, 0.717) is 9.21 Å². The number of nitrogens with one attached hydrogen (secondary N) is 1.